The quantitative estimate of drug-likeness (QED) is 0.698. The highest BCUT2D eigenvalue weighted by Gasteiger charge is 2.69. The topological polar surface area (TPSA) is 9.23 Å². The Morgan fingerprint density at radius 2 is 1.95 bits per heavy atom. The third-order valence-corrected chi connectivity index (χ3v) is 7.57. The second-order valence-corrected chi connectivity index (χ2v) is 8.45. The van der Waals surface area contributed by atoms with Gasteiger partial charge < -0.3 is 4.74 Å². The fourth-order valence-corrected chi connectivity index (χ4v) is 5.96. The molecule has 0 amide bonds. The van der Waals surface area contributed by atoms with E-state index in [1.165, 1.54) is 24.8 Å². The fraction of sp³-hybridized carbons (Fsp3) is 0.619. The smallest absolute Gasteiger partial charge is 0.0686 e. The van der Waals surface area contributed by atoms with Crippen LogP contribution in [0.2, 0.25) is 0 Å². The molecule has 1 heterocycles. The fourth-order valence-electron chi connectivity index (χ4n) is 5.96. The van der Waals surface area contributed by atoms with Gasteiger partial charge in [-0.05, 0) is 47.5 Å². The number of fused-ring (bicyclic) bond motifs is 5. The molecule has 0 radical (unpaired) electrons. The molecule has 0 aromatic heterocycles. The van der Waals surface area contributed by atoms with Crippen molar-refractivity contribution in [2.45, 2.75) is 58.2 Å². The van der Waals surface area contributed by atoms with Crippen LogP contribution >= 0.6 is 0 Å². The summed E-state index contributed by atoms with van der Waals surface area (Å²) in [7, 11) is 0. The average Bonchev–Trinajstić information content (AvgIpc) is 3.07. The monoisotopic (exact) mass is 296 g/mol. The van der Waals surface area contributed by atoms with Crippen molar-refractivity contribution in [1.29, 1.82) is 0 Å². The molecule has 1 aliphatic heterocycles. The summed E-state index contributed by atoms with van der Waals surface area (Å²) in [5.74, 6) is 1.93. The maximum atomic E-state index is 6.69. The Bertz CT molecular complexity index is 575. The van der Waals surface area contributed by atoms with Crippen molar-refractivity contribution < 1.29 is 4.74 Å². The molecule has 22 heavy (non-hydrogen) atoms. The zero-order valence-electron chi connectivity index (χ0n) is 14.1. The lowest BCUT2D eigenvalue weighted by molar-refractivity contribution is -0.0581. The van der Waals surface area contributed by atoms with Gasteiger partial charge in [0, 0.05) is 5.92 Å². The summed E-state index contributed by atoms with van der Waals surface area (Å²) >= 11 is 0. The Hall–Kier alpha value is -1.08. The third kappa shape index (κ3) is 1.69. The van der Waals surface area contributed by atoms with Crippen molar-refractivity contribution in [3.8, 4) is 0 Å². The van der Waals surface area contributed by atoms with E-state index < -0.39 is 0 Å². The van der Waals surface area contributed by atoms with Crippen LogP contribution in [0.15, 0.2) is 43.0 Å². The van der Waals surface area contributed by atoms with Crippen LogP contribution in [0.3, 0.4) is 0 Å². The summed E-state index contributed by atoms with van der Waals surface area (Å²) in [6, 6.07) is 10.7. The van der Waals surface area contributed by atoms with Crippen molar-refractivity contribution >= 4 is 0 Å². The number of benzene rings is 1. The number of rotatable bonds is 3. The maximum Gasteiger partial charge on any atom is 0.0686 e. The van der Waals surface area contributed by atoms with E-state index >= 15 is 0 Å². The molecule has 0 unspecified atom stereocenters. The van der Waals surface area contributed by atoms with Crippen molar-refractivity contribution in [2.24, 2.45) is 22.7 Å². The minimum absolute atomic E-state index is 0.311. The summed E-state index contributed by atoms with van der Waals surface area (Å²) < 4.78 is 6.69. The highest BCUT2D eigenvalue weighted by Crippen LogP contribution is 2.71. The maximum absolute atomic E-state index is 6.69. The molecule has 118 valence electrons. The summed E-state index contributed by atoms with van der Waals surface area (Å²) in [6.07, 6.45) is 6.80. The first-order valence-electron chi connectivity index (χ1n) is 8.82. The van der Waals surface area contributed by atoms with Gasteiger partial charge in [0.05, 0.1) is 12.2 Å². The summed E-state index contributed by atoms with van der Waals surface area (Å²) in [4.78, 5) is 0. The molecule has 3 aliphatic rings. The molecular formula is C21H28O. The Balaban J connectivity index is 1.61. The largest absolute Gasteiger partial charge is 0.373 e. The van der Waals surface area contributed by atoms with Gasteiger partial charge in [0.2, 0.25) is 0 Å². The van der Waals surface area contributed by atoms with Gasteiger partial charge in [-0.15, -0.1) is 6.58 Å². The van der Waals surface area contributed by atoms with Gasteiger partial charge in [-0.25, -0.2) is 0 Å². The highest BCUT2D eigenvalue weighted by atomic mass is 16.5. The van der Waals surface area contributed by atoms with E-state index in [9.17, 15) is 0 Å². The van der Waals surface area contributed by atoms with E-state index in [-0.39, 0.29) is 0 Å². The van der Waals surface area contributed by atoms with E-state index in [2.05, 4.69) is 63.8 Å². The first-order chi connectivity index (χ1) is 10.5. The van der Waals surface area contributed by atoms with Crippen LogP contribution in [0.25, 0.3) is 0 Å². The lowest BCUT2D eigenvalue weighted by atomic mass is 9.70. The average molecular weight is 296 g/mol. The molecule has 1 saturated heterocycles. The van der Waals surface area contributed by atoms with Gasteiger partial charge in [-0.2, -0.15) is 0 Å². The van der Waals surface area contributed by atoms with E-state index in [1.54, 1.807) is 0 Å². The minimum Gasteiger partial charge on any atom is -0.373 e. The first kappa shape index (κ1) is 14.5. The molecule has 1 aromatic carbocycles. The molecule has 4 rings (SSSR count). The molecule has 0 N–H and O–H groups in total. The molecule has 2 aliphatic carbocycles. The molecule has 2 saturated carbocycles. The minimum atomic E-state index is 0.311. The predicted molar refractivity (Wildman–Crippen MR) is 90.8 cm³/mol. The molecule has 0 spiro atoms. The van der Waals surface area contributed by atoms with Crippen LogP contribution < -0.4 is 0 Å². The van der Waals surface area contributed by atoms with Gasteiger partial charge in [-0.1, -0.05) is 57.2 Å². The van der Waals surface area contributed by atoms with E-state index in [0.29, 0.717) is 29.0 Å². The van der Waals surface area contributed by atoms with E-state index in [1.807, 2.05) is 0 Å². The van der Waals surface area contributed by atoms with Gasteiger partial charge in [0.15, 0.2) is 0 Å². The van der Waals surface area contributed by atoms with Gasteiger partial charge >= 0.3 is 0 Å². The van der Waals surface area contributed by atoms with Crippen molar-refractivity contribution in [3.63, 3.8) is 0 Å². The number of hydrogen-bond donors (Lipinski definition) is 0. The van der Waals surface area contributed by atoms with Crippen LogP contribution in [0.4, 0.5) is 0 Å². The molecule has 1 aromatic rings. The molecular weight excluding hydrogens is 268 g/mol. The molecule has 3 fully saturated rings. The van der Waals surface area contributed by atoms with E-state index in [0.717, 1.165) is 11.8 Å². The number of hydrogen-bond acceptors (Lipinski definition) is 1. The Labute approximate surface area is 134 Å². The van der Waals surface area contributed by atoms with Gasteiger partial charge in [-0.3, -0.25) is 0 Å². The summed E-state index contributed by atoms with van der Waals surface area (Å²) in [5, 5.41) is 0. The normalized spacial score (nSPS) is 43.0. The first-order valence-corrected chi connectivity index (χ1v) is 8.82. The summed E-state index contributed by atoms with van der Waals surface area (Å²) in [5.41, 5.74) is 2.14. The van der Waals surface area contributed by atoms with E-state index in [4.69, 9.17) is 4.74 Å². The second-order valence-electron chi connectivity index (χ2n) is 8.45. The van der Waals surface area contributed by atoms with Gasteiger partial charge in [0.25, 0.3) is 0 Å². The van der Waals surface area contributed by atoms with Crippen LogP contribution in [0, 0.1) is 22.7 Å². The molecule has 2 bridgehead atoms. The SMILES string of the molecule is C=C[C@@H](c1ccccc1)[C@H]1C[C@@H]2[C@H]3CC[C@@](C)([C@@H]2O1)C3(C)C. The highest BCUT2D eigenvalue weighted by molar-refractivity contribution is 5.27. The molecule has 1 heteroatoms. The lowest BCUT2D eigenvalue weighted by Gasteiger charge is -2.39. The van der Waals surface area contributed by atoms with Crippen molar-refractivity contribution in [2.75, 3.05) is 0 Å². The van der Waals surface area contributed by atoms with Crippen LogP contribution in [0.5, 0.6) is 0 Å². The molecule has 6 atom stereocenters. The predicted octanol–water partition coefficient (Wildman–Crippen LogP) is 5.19. The Morgan fingerprint density at radius 1 is 1.23 bits per heavy atom. The van der Waals surface area contributed by atoms with Crippen molar-refractivity contribution in [3.05, 3.63) is 48.6 Å². The van der Waals surface area contributed by atoms with Crippen LogP contribution in [-0.4, -0.2) is 12.2 Å². The Morgan fingerprint density at radius 3 is 2.59 bits per heavy atom. The van der Waals surface area contributed by atoms with Gasteiger partial charge in [0.1, 0.15) is 0 Å². The zero-order valence-corrected chi connectivity index (χ0v) is 14.1. The van der Waals surface area contributed by atoms with Crippen LogP contribution in [-0.2, 0) is 4.74 Å². The zero-order chi connectivity index (χ0) is 15.5. The van der Waals surface area contributed by atoms with Crippen LogP contribution in [0.1, 0.15) is 51.5 Å². The third-order valence-electron chi connectivity index (χ3n) is 7.57. The second kappa shape index (κ2) is 4.71. The Kier molecular flexibility index (Phi) is 3.10. The lowest BCUT2D eigenvalue weighted by Crippen LogP contribution is -2.38. The van der Waals surface area contributed by atoms with Crippen molar-refractivity contribution in [1.82, 2.24) is 0 Å². The molecule has 1 nitrogen and oxygen atoms in total. The summed E-state index contributed by atoms with van der Waals surface area (Å²) in [6.45, 7) is 11.5. The number of ether oxygens (including phenoxy) is 1. The standard InChI is InChI=1S/C21H28O/c1-5-15(14-9-7-6-8-10-14)18-13-16-17-11-12-21(4,19(16)22-18)20(17,2)3/h5-10,15-19H,1,11-13H2,2-4H3/t15-,16+,17+,18+,19+,21-/m0/s1.